The van der Waals surface area contributed by atoms with Crippen LogP contribution in [0.4, 0.5) is 0 Å². The average molecular weight is 382 g/mol. The van der Waals surface area contributed by atoms with E-state index in [1.54, 1.807) is 25.6 Å². The number of benzene rings is 2. The van der Waals surface area contributed by atoms with Gasteiger partial charge in [0.2, 0.25) is 5.91 Å². The van der Waals surface area contributed by atoms with E-state index in [1.165, 1.54) is 0 Å². The Balaban J connectivity index is 1.49. The summed E-state index contributed by atoms with van der Waals surface area (Å²) < 4.78 is 10.5. The molecule has 1 amide bonds. The number of nitrogens with zero attached hydrogens (tertiary/aromatic N) is 1. The number of hydrogen-bond donors (Lipinski definition) is 1. The number of amides is 1. The molecule has 0 aliphatic heterocycles. The molecule has 6 heteroatoms. The summed E-state index contributed by atoms with van der Waals surface area (Å²) in [6.45, 7) is 0.560. The van der Waals surface area contributed by atoms with Gasteiger partial charge in [0.15, 0.2) is 11.5 Å². The smallest absolute Gasteiger partial charge is 0.224 e. The SMILES string of the molecule is COc1ccc(CC(=O)NCCc2csc(-c3ccccc3)n2)cc1OC. The van der Waals surface area contributed by atoms with E-state index in [2.05, 4.69) is 10.3 Å². The second-order valence-electron chi connectivity index (χ2n) is 5.98. The Kier molecular flexibility index (Phi) is 6.44. The van der Waals surface area contributed by atoms with Crippen molar-refractivity contribution < 1.29 is 14.3 Å². The summed E-state index contributed by atoms with van der Waals surface area (Å²) in [6, 6.07) is 15.6. The summed E-state index contributed by atoms with van der Waals surface area (Å²) in [5.41, 5.74) is 2.99. The van der Waals surface area contributed by atoms with Crippen LogP contribution in [0.25, 0.3) is 10.6 Å². The van der Waals surface area contributed by atoms with Gasteiger partial charge in [0.05, 0.1) is 26.3 Å². The molecule has 5 nitrogen and oxygen atoms in total. The van der Waals surface area contributed by atoms with Crippen molar-refractivity contribution in [2.24, 2.45) is 0 Å². The van der Waals surface area contributed by atoms with Gasteiger partial charge in [0.1, 0.15) is 5.01 Å². The third kappa shape index (κ3) is 5.08. The molecule has 140 valence electrons. The maximum Gasteiger partial charge on any atom is 0.224 e. The zero-order valence-electron chi connectivity index (χ0n) is 15.4. The molecule has 27 heavy (non-hydrogen) atoms. The van der Waals surface area contributed by atoms with Crippen molar-refractivity contribution in [1.29, 1.82) is 0 Å². The van der Waals surface area contributed by atoms with Gasteiger partial charge in [0.25, 0.3) is 0 Å². The number of ether oxygens (including phenoxy) is 2. The molecule has 0 atom stereocenters. The van der Waals surface area contributed by atoms with Crippen molar-refractivity contribution in [3.05, 3.63) is 65.2 Å². The van der Waals surface area contributed by atoms with Crippen LogP contribution in [-0.4, -0.2) is 31.7 Å². The number of rotatable bonds is 8. The number of carbonyl (C=O) groups is 1. The number of methoxy groups -OCH3 is 2. The van der Waals surface area contributed by atoms with E-state index < -0.39 is 0 Å². The van der Waals surface area contributed by atoms with Crippen LogP contribution in [0.1, 0.15) is 11.3 Å². The van der Waals surface area contributed by atoms with Crippen LogP contribution >= 0.6 is 11.3 Å². The highest BCUT2D eigenvalue weighted by molar-refractivity contribution is 7.13. The third-order valence-corrected chi connectivity index (χ3v) is 5.03. The first-order valence-electron chi connectivity index (χ1n) is 8.67. The molecule has 2 aromatic carbocycles. The third-order valence-electron chi connectivity index (χ3n) is 4.09. The quantitative estimate of drug-likeness (QED) is 0.645. The minimum atomic E-state index is -0.0271. The predicted molar refractivity (Wildman–Crippen MR) is 108 cm³/mol. The van der Waals surface area contributed by atoms with Gasteiger partial charge in [-0.25, -0.2) is 4.98 Å². The molecule has 3 aromatic rings. The summed E-state index contributed by atoms with van der Waals surface area (Å²) in [4.78, 5) is 16.8. The number of hydrogen-bond acceptors (Lipinski definition) is 5. The molecule has 1 N–H and O–H groups in total. The van der Waals surface area contributed by atoms with E-state index >= 15 is 0 Å². The molecular weight excluding hydrogens is 360 g/mol. The molecule has 1 aromatic heterocycles. The zero-order valence-corrected chi connectivity index (χ0v) is 16.2. The first-order valence-corrected chi connectivity index (χ1v) is 9.55. The van der Waals surface area contributed by atoms with Crippen LogP contribution in [0.3, 0.4) is 0 Å². The Bertz CT molecular complexity index is 893. The molecule has 0 bridgehead atoms. The molecule has 0 radical (unpaired) electrons. The minimum absolute atomic E-state index is 0.0271. The van der Waals surface area contributed by atoms with Crippen molar-refractivity contribution in [2.45, 2.75) is 12.8 Å². The Morgan fingerprint density at radius 1 is 1.07 bits per heavy atom. The van der Waals surface area contributed by atoms with Gasteiger partial charge in [0, 0.05) is 23.9 Å². The van der Waals surface area contributed by atoms with E-state index in [0.717, 1.165) is 21.8 Å². The lowest BCUT2D eigenvalue weighted by Gasteiger charge is -2.09. The number of nitrogens with one attached hydrogen (secondary N) is 1. The molecule has 3 rings (SSSR count). The fourth-order valence-electron chi connectivity index (χ4n) is 2.70. The second kappa shape index (κ2) is 9.19. The lowest BCUT2D eigenvalue weighted by molar-refractivity contribution is -0.120. The summed E-state index contributed by atoms with van der Waals surface area (Å²) in [7, 11) is 3.17. The summed E-state index contributed by atoms with van der Waals surface area (Å²) in [5, 5.41) is 5.99. The Hall–Kier alpha value is -2.86. The van der Waals surface area contributed by atoms with Crippen LogP contribution in [0.15, 0.2) is 53.9 Å². The Morgan fingerprint density at radius 2 is 1.85 bits per heavy atom. The van der Waals surface area contributed by atoms with Crippen LogP contribution in [0, 0.1) is 0 Å². The lowest BCUT2D eigenvalue weighted by atomic mass is 10.1. The highest BCUT2D eigenvalue weighted by Crippen LogP contribution is 2.27. The minimum Gasteiger partial charge on any atom is -0.493 e. The lowest BCUT2D eigenvalue weighted by Crippen LogP contribution is -2.27. The normalized spacial score (nSPS) is 10.4. The van der Waals surface area contributed by atoms with Gasteiger partial charge in [-0.1, -0.05) is 36.4 Å². The van der Waals surface area contributed by atoms with Gasteiger partial charge in [-0.15, -0.1) is 11.3 Å². The summed E-state index contributed by atoms with van der Waals surface area (Å²) >= 11 is 1.62. The Labute approximate surface area is 163 Å². The van der Waals surface area contributed by atoms with Crippen LogP contribution < -0.4 is 14.8 Å². The van der Waals surface area contributed by atoms with Gasteiger partial charge >= 0.3 is 0 Å². The second-order valence-corrected chi connectivity index (χ2v) is 6.83. The molecular formula is C21H22N2O3S. The zero-order chi connectivity index (χ0) is 19.1. The number of aromatic nitrogens is 1. The fourth-order valence-corrected chi connectivity index (χ4v) is 3.56. The topological polar surface area (TPSA) is 60.5 Å². The predicted octanol–water partition coefficient (Wildman–Crippen LogP) is 3.73. The van der Waals surface area contributed by atoms with Gasteiger partial charge in [-0.2, -0.15) is 0 Å². The standard InChI is InChI=1S/C21H22N2O3S/c1-25-18-9-8-15(12-19(18)26-2)13-20(24)22-11-10-17-14-27-21(23-17)16-6-4-3-5-7-16/h3-9,12,14H,10-11,13H2,1-2H3,(H,22,24). The van der Waals surface area contributed by atoms with E-state index in [0.29, 0.717) is 30.9 Å². The molecule has 0 saturated carbocycles. The highest BCUT2D eigenvalue weighted by Gasteiger charge is 2.09. The summed E-state index contributed by atoms with van der Waals surface area (Å²) in [5.74, 6) is 1.25. The van der Waals surface area contributed by atoms with Crippen LogP contribution in [0.5, 0.6) is 11.5 Å². The monoisotopic (exact) mass is 382 g/mol. The van der Waals surface area contributed by atoms with Crippen molar-refractivity contribution >= 4 is 17.2 Å². The number of thiazole rings is 1. The maximum atomic E-state index is 12.2. The van der Waals surface area contributed by atoms with Crippen molar-refractivity contribution in [2.75, 3.05) is 20.8 Å². The van der Waals surface area contributed by atoms with Crippen molar-refractivity contribution in [1.82, 2.24) is 10.3 Å². The molecule has 1 heterocycles. The van der Waals surface area contributed by atoms with E-state index in [1.807, 2.05) is 53.9 Å². The van der Waals surface area contributed by atoms with Crippen LogP contribution in [-0.2, 0) is 17.6 Å². The van der Waals surface area contributed by atoms with Gasteiger partial charge in [-0.05, 0) is 17.7 Å². The van der Waals surface area contributed by atoms with Crippen LogP contribution in [0.2, 0.25) is 0 Å². The van der Waals surface area contributed by atoms with E-state index in [9.17, 15) is 4.79 Å². The van der Waals surface area contributed by atoms with Gasteiger partial charge < -0.3 is 14.8 Å². The van der Waals surface area contributed by atoms with E-state index in [4.69, 9.17) is 9.47 Å². The molecule has 0 spiro atoms. The molecule has 0 aliphatic rings. The highest BCUT2D eigenvalue weighted by atomic mass is 32.1. The fraction of sp³-hybridized carbons (Fsp3) is 0.238. The molecule has 0 aliphatic carbocycles. The number of carbonyl (C=O) groups excluding carboxylic acids is 1. The Morgan fingerprint density at radius 3 is 2.59 bits per heavy atom. The first kappa shape index (κ1) is 18.9. The van der Waals surface area contributed by atoms with Crippen molar-refractivity contribution in [3.8, 4) is 22.1 Å². The van der Waals surface area contributed by atoms with E-state index in [-0.39, 0.29) is 5.91 Å². The average Bonchev–Trinajstić information content (AvgIpc) is 3.17. The first-order chi connectivity index (χ1) is 13.2. The largest absolute Gasteiger partial charge is 0.493 e. The molecule has 0 saturated heterocycles. The summed E-state index contributed by atoms with van der Waals surface area (Å²) in [6.07, 6.45) is 1.01. The van der Waals surface area contributed by atoms with Gasteiger partial charge in [-0.3, -0.25) is 4.79 Å². The maximum absolute atomic E-state index is 12.2. The van der Waals surface area contributed by atoms with Crippen molar-refractivity contribution in [3.63, 3.8) is 0 Å². The molecule has 0 fully saturated rings. The molecule has 0 unspecified atom stereocenters.